The topological polar surface area (TPSA) is 72.2 Å². The van der Waals surface area contributed by atoms with Gasteiger partial charge in [-0.2, -0.15) is 0 Å². The minimum Gasteiger partial charge on any atom is -0.369 e. The number of carbonyl (C=O) groups is 2. The first-order valence-electron chi connectivity index (χ1n) is 3.96. The van der Waals surface area contributed by atoms with Gasteiger partial charge in [-0.1, -0.05) is 6.92 Å². The Labute approximate surface area is 72.5 Å². The summed E-state index contributed by atoms with van der Waals surface area (Å²) in [6, 6.07) is 0. The summed E-state index contributed by atoms with van der Waals surface area (Å²) in [5.41, 5.74) is 4.45. The lowest BCUT2D eigenvalue weighted by atomic mass is 9.93. The molecule has 0 aliphatic carbocycles. The molecular weight excluding hydrogens is 156 g/mol. The molecule has 0 atom stereocenters. The molecule has 0 saturated carbocycles. The van der Waals surface area contributed by atoms with Crippen LogP contribution in [0, 0.1) is 5.41 Å². The zero-order valence-electron chi connectivity index (χ0n) is 7.81. The average Bonchev–Trinajstić information content (AvgIpc) is 2.00. The third-order valence-corrected chi connectivity index (χ3v) is 1.72. The van der Waals surface area contributed by atoms with Gasteiger partial charge in [0.15, 0.2) is 0 Å². The number of hydrogen-bond donors (Lipinski definition) is 2. The summed E-state index contributed by atoms with van der Waals surface area (Å²) in [6.07, 6.45) is 0.425. The molecule has 0 aromatic carbocycles. The second kappa shape index (κ2) is 4.09. The van der Waals surface area contributed by atoms with Crippen molar-refractivity contribution in [2.45, 2.75) is 27.2 Å². The summed E-state index contributed by atoms with van der Waals surface area (Å²) in [5.74, 6) is -0.469. The number of primary amides is 1. The van der Waals surface area contributed by atoms with E-state index in [1.54, 1.807) is 20.8 Å². The Hall–Kier alpha value is -1.06. The van der Waals surface area contributed by atoms with Gasteiger partial charge >= 0.3 is 0 Å². The van der Waals surface area contributed by atoms with Crippen LogP contribution in [-0.2, 0) is 9.59 Å². The van der Waals surface area contributed by atoms with Gasteiger partial charge in [-0.25, -0.2) is 0 Å². The number of rotatable bonds is 4. The van der Waals surface area contributed by atoms with E-state index in [4.69, 9.17) is 5.73 Å². The van der Waals surface area contributed by atoms with Crippen molar-refractivity contribution < 1.29 is 9.59 Å². The number of nitrogens with one attached hydrogen (secondary N) is 1. The van der Waals surface area contributed by atoms with Crippen LogP contribution in [0.25, 0.3) is 0 Å². The fourth-order valence-electron chi connectivity index (χ4n) is 0.532. The van der Waals surface area contributed by atoms with Gasteiger partial charge in [0, 0.05) is 13.0 Å². The van der Waals surface area contributed by atoms with Crippen molar-refractivity contribution in [2.24, 2.45) is 11.1 Å². The van der Waals surface area contributed by atoms with E-state index < -0.39 is 11.3 Å². The van der Waals surface area contributed by atoms with Crippen LogP contribution in [0.15, 0.2) is 0 Å². The van der Waals surface area contributed by atoms with E-state index in [1.807, 2.05) is 0 Å². The van der Waals surface area contributed by atoms with Crippen molar-refractivity contribution in [3.05, 3.63) is 0 Å². The molecule has 0 spiro atoms. The number of hydrogen-bond acceptors (Lipinski definition) is 2. The molecule has 4 nitrogen and oxygen atoms in total. The molecule has 0 aromatic heterocycles. The van der Waals surface area contributed by atoms with Gasteiger partial charge in [-0.3, -0.25) is 9.59 Å². The lowest BCUT2D eigenvalue weighted by molar-refractivity contribution is -0.127. The van der Waals surface area contributed by atoms with Crippen LogP contribution < -0.4 is 11.1 Å². The van der Waals surface area contributed by atoms with Crippen molar-refractivity contribution in [1.29, 1.82) is 0 Å². The van der Waals surface area contributed by atoms with Crippen LogP contribution in [-0.4, -0.2) is 18.4 Å². The fraction of sp³-hybridized carbons (Fsp3) is 0.750. The zero-order valence-corrected chi connectivity index (χ0v) is 7.81. The quantitative estimate of drug-likeness (QED) is 0.627. The molecule has 0 heterocycles. The maximum atomic E-state index is 10.8. The molecule has 0 aromatic rings. The van der Waals surface area contributed by atoms with Gasteiger partial charge in [0.05, 0.1) is 5.41 Å². The third-order valence-electron chi connectivity index (χ3n) is 1.72. The van der Waals surface area contributed by atoms with Crippen molar-refractivity contribution in [1.82, 2.24) is 5.32 Å². The fourth-order valence-corrected chi connectivity index (χ4v) is 0.532. The van der Waals surface area contributed by atoms with Crippen LogP contribution in [0.4, 0.5) is 0 Å². The minimum absolute atomic E-state index is 0.0654. The normalized spacial score (nSPS) is 10.9. The van der Waals surface area contributed by atoms with Crippen molar-refractivity contribution in [2.75, 3.05) is 6.54 Å². The molecule has 0 aliphatic heterocycles. The van der Waals surface area contributed by atoms with E-state index in [0.717, 1.165) is 0 Å². The third kappa shape index (κ3) is 3.37. The SMILES string of the molecule is CCC(=O)NCC(C)(C)C(N)=O. The largest absolute Gasteiger partial charge is 0.369 e. The summed E-state index contributed by atoms with van der Waals surface area (Å²) in [5, 5.41) is 2.61. The molecule has 0 bridgehead atoms. The molecule has 0 fully saturated rings. The standard InChI is InChI=1S/C8H16N2O2/c1-4-6(11)10-5-8(2,3)7(9)12/h4-5H2,1-3H3,(H2,9,12)(H,10,11). The predicted octanol–water partition coefficient (Wildman–Crippen LogP) is 0.0241. The van der Waals surface area contributed by atoms with Gasteiger partial charge < -0.3 is 11.1 Å². The van der Waals surface area contributed by atoms with Gasteiger partial charge in [-0.15, -0.1) is 0 Å². The first kappa shape index (κ1) is 10.9. The maximum absolute atomic E-state index is 10.8. The summed E-state index contributed by atoms with van der Waals surface area (Å²) < 4.78 is 0. The van der Waals surface area contributed by atoms with Crippen LogP contribution >= 0.6 is 0 Å². The van der Waals surface area contributed by atoms with Crippen LogP contribution in [0.5, 0.6) is 0 Å². The molecule has 0 radical (unpaired) electrons. The molecular formula is C8H16N2O2. The van der Waals surface area contributed by atoms with Crippen LogP contribution in [0.2, 0.25) is 0 Å². The Bertz CT molecular complexity index is 187. The van der Waals surface area contributed by atoms with E-state index >= 15 is 0 Å². The number of amides is 2. The minimum atomic E-state index is -0.662. The Balaban J connectivity index is 3.92. The van der Waals surface area contributed by atoms with E-state index in [-0.39, 0.29) is 5.91 Å². The van der Waals surface area contributed by atoms with E-state index in [0.29, 0.717) is 13.0 Å². The van der Waals surface area contributed by atoms with E-state index in [9.17, 15) is 9.59 Å². The number of carbonyl (C=O) groups excluding carboxylic acids is 2. The molecule has 70 valence electrons. The number of nitrogens with two attached hydrogens (primary N) is 1. The average molecular weight is 172 g/mol. The lowest BCUT2D eigenvalue weighted by Gasteiger charge is -2.20. The molecule has 0 rings (SSSR count). The van der Waals surface area contributed by atoms with E-state index in [2.05, 4.69) is 5.32 Å². The summed E-state index contributed by atoms with van der Waals surface area (Å²) in [6.45, 7) is 5.46. The van der Waals surface area contributed by atoms with Crippen molar-refractivity contribution in [3.63, 3.8) is 0 Å². The summed E-state index contributed by atoms with van der Waals surface area (Å²) >= 11 is 0. The molecule has 0 saturated heterocycles. The second-order valence-corrected chi connectivity index (χ2v) is 3.38. The van der Waals surface area contributed by atoms with E-state index in [1.165, 1.54) is 0 Å². The van der Waals surface area contributed by atoms with Gasteiger partial charge in [0.2, 0.25) is 11.8 Å². The molecule has 2 amide bonds. The summed E-state index contributed by atoms with van der Waals surface area (Å²) in [7, 11) is 0. The molecule has 0 unspecified atom stereocenters. The maximum Gasteiger partial charge on any atom is 0.224 e. The Morgan fingerprint density at radius 1 is 1.42 bits per heavy atom. The molecule has 12 heavy (non-hydrogen) atoms. The Morgan fingerprint density at radius 2 is 1.92 bits per heavy atom. The summed E-state index contributed by atoms with van der Waals surface area (Å²) in [4.78, 5) is 21.6. The highest BCUT2D eigenvalue weighted by Gasteiger charge is 2.24. The smallest absolute Gasteiger partial charge is 0.224 e. The van der Waals surface area contributed by atoms with Crippen LogP contribution in [0.1, 0.15) is 27.2 Å². The monoisotopic (exact) mass is 172 g/mol. The molecule has 0 aliphatic rings. The van der Waals surface area contributed by atoms with Gasteiger partial charge in [0.25, 0.3) is 0 Å². The lowest BCUT2D eigenvalue weighted by Crippen LogP contribution is -2.42. The predicted molar refractivity (Wildman–Crippen MR) is 46.3 cm³/mol. The highest BCUT2D eigenvalue weighted by Crippen LogP contribution is 2.11. The Kier molecular flexibility index (Phi) is 3.73. The highest BCUT2D eigenvalue weighted by atomic mass is 16.2. The van der Waals surface area contributed by atoms with Gasteiger partial charge in [-0.05, 0) is 13.8 Å². The first-order chi connectivity index (χ1) is 5.40. The molecule has 3 N–H and O–H groups in total. The highest BCUT2D eigenvalue weighted by molar-refractivity contribution is 5.81. The molecule has 4 heteroatoms. The second-order valence-electron chi connectivity index (χ2n) is 3.38. The van der Waals surface area contributed by atoms with Gasteiger partial charge in [0.1, 0.15) is 0 Å². The van der Waals surface area contributed by atoms with Crippen LogP contribution in [0.3, 0.4) is 0 Å². The van der Waals surface area contributed by atoms with Crippen molar-refractivity contribution >= 4 is 11.8 Å². The Morgan fingerprint density at radius 3 is 2.25 bits per heavy atom. The van der Waals surface area contributed by atoms with Crippen molar-refractivity contribution in [3.8, 4) is 0 Å². The first-order valence-corrected chi connectivity index (χ1v) is 3.96. The zero-order chi connectivity index (χ0) is 9.78.